The van der Waals surface area contributed by atoms with E-state index in [1.54, 1.807) is 0 Å². The summed E-state index contributed by atoms with van der Waals surface area (Å²) < 4.78 is 33.9. The maximum Gasteiger partial charge on any atom is 0.281 e. The summed E-state index contributed by atoms with van der Waals surface area (Å²) in [5.74, 6) is 0. The molecule has 1 nitrogen and oxygen atoms in total. The maximum atomic E-state index is 11.3. The molecular formula is C4H2ClF3O. The third-order valence-electron chi connectivity index (χ3n) is 0.599. The molecule has 0 spiro atoms. The Bertz CT molecular complexity index is 150. The Hall–Kier alpha value is -0.510. The smallest absolute Gasteiger partial charge is 0.276 e. The number of carbonyl (C=O) groups excluding carboxylic acids is 1. The lowest BCUT2D eigenvalue weighted by Crippen LogP contribution is -1.96. The van der Waals surface area contributed by atoms with Crippen LogP contribution in [0, 0.1) is 0 Å². The van der Waals surface area contributed by atoms with Gasteiger partial charge < -0.3 is 0 Å². The van der Waals surface area contributed by atoms with Gasteiger partial charge in [0.15, 0.2) is 0 Å². The summed E-state index contributed by atoms with van der Waals surface area (Å²) in [4.78, 5) is 9.80. The molecule has 0 heterocycles. The van der Waals surface area contributed by atoms with Gasteiger partial charge in [-0.05, 0) is 11.6 Å². The predicted molar refractivity (Wildman–Crippen MR) is 26.1 cm³/mol. The maximum absolute atomic E-state index is 11.3. The zero-order valence-corrected chi connectivity index (χ0v) is 4.88. The van der Waals surface area contributed by atoms with Crippen LogP contribution in [0.2, 0.25) is 0 Å². The van der Waals surface area contributed by atoms with Crippen LogP contribution in [0.1, 0.15) is 0 Å². The molecule has 0 fully saturated rings. The lowest BCUT2D eigenvalue weighted by molar-refractivity contribution is -0.109. The number of carbonyl (C=O) groups is 1. The molecular weight excluding hydrogens is 156 g/mol. The van der Waals surface area contributed by atoms with Gasteiger partial charge in [-0.3, -0.25) is 4.79 Å². The molecule has 0 radical (unpaired) electrons. The number of hydrogen-bond acceptors (Lipinski definition) is 1. The van der Waals surface area contributed by atoms with Crippen LogP contribution >= 0.6 is 11.6 Å². The third-order valence-corrected chi connectivity index (χ3v) is 0.827. The van der Waals surface area contributed by atoms with Crippen molar-refractivity contribution in [3.8, 4) is 0 Å². The average Bonchev–Trinajstić information content (AvgIpc) is 1.64. The van der Waals surface area contributed by atoms with Gasteiger partial charge in [0.05, 0.1) is 0 Å². The van der Waals surface area contributed by atoms with Crippen molar-refractivity contribution in [1.29, 1.82) is 0 Å². The molecule has 0 atom stereocenters. The lowest BCUT2D eigenvalue weighted by Gasteiger charge is -1.88. The summed E-state index contributed by atoms with van der Waals surface area (Å²) in [5.41, 5.74) is -1.27. The number of alkyl halides is 1. The Labute approximate surface area is 54.1 Å². The zero-order chi connectivity index (χ0) is 7.44. The molecule has 52 valence electrons. The minimum atomic E-state index is -2.36. The Balaban J connectivity index is 4.35. The molecule has 5 heteroatoms. The molecule has 0 saturated carbocycles. The average molecular weight is 159 g/mol. The van der Waals surface area contributed by atoms with Crippen molar-refractivity contribution < 1.29 is 18.0 Å². The molecule has 0 saturated heterocycles. The zero-order valence-electron chi connectivity index (χ0n) is 4.13. The van der Waals surface area contributed by atoms with Crippen molar-refractivity contribution in [2.45, 2.75) is 0 Å². The van der Waals surface area contributed by atoms with Gasteiger partial charge in [-0.1, -0.05) is 0 Å². The molecule has 9 heavy (non-hydrogen) atoms. The van der Waals surface area contributed by atoms with Crippen LogP contribution < -0.4 is 0 Å². The van der Waals surface area contributed by atoms with Gasteiger partial charge in [0.25, 0.3) is 11.3 Å². The van der Waals surface area contributed by atoms with E-state index in [0.29, 0.717) is 0 Å². The summed E-state index contributed by atoms with van der Waals surface area (Å²) in [7, 11) is 0. The molecule has 0 N–H and O–H groups in total. The first-order valence-corrected chi connectivity index (χ1v) is 2.27. The van der Waals surface area contributed by atoms with E-state index in [-0.39, 0.29) is 0 Å². The number of halogens is 4. The summed E-state index contributed by atoms with van der Waals surface area (Å²) >= 11 is 4.52. The number of allylic oxidation sites excluding steroid dienone is 1. The van der Waals surface area contributed by atoms with E-state index in [1.807, 2.05) is 0 Å². The van der Waals surface area contributed by atoms with E-state index in [0.717, 1.165) is 0 Å². The van der Waals surface area contributed by atoms with Crippen LogP contribution in [0.15, 0.2) is 11.7 Å². The normalized spacial score (nSPS) is 8.89. The van der Waals surface area contributed by atoms with Crippen molar-refractivity contribution in [3.63, 3.8) is 0 Å². The highest BCUT2D eigenvalue weighted by Crippen LogP contribution is 2.10. The molecule has 0 aliphatic rings. The van der Waals surface area contributed by atoms with Crippen molar-refractivity contribution >= 4 is 16.8 Å². The van der Waals surface area contributed by atoms with Gasteiger partial charge >= 0.3 is 0 Å². The second-order valence-corrected chi connectivity index (χ2v) is 1.49. The molecule has 0 bridgehead atoms. The first-order valence-electron chi connectivity index (χ1n) is 1.89. The van der Waals surface area contributed by atoms with Crippen molar-refractivity contribution in [1.82, 2.24) is 0 Å². The van der Waals surface area contributed by atoms with Gasteiger partial charge in [-0.25, -0.2) is 4.39 Å². The summed E-state index contributed by atoms with van der Waals surface area (Å²) in [6.07, 6.45) is -2.36. The highest BCUT2D eigenvalue weighted by Gasteiger charge is 2.12. The summed E-state index contributed by atoms with van der Waals surface area (Å²) in [5, 5.41) is -1.45. The second-order valence-electron chi connectivity index (χ2n) is 1.15. The Kier molecular flexibility index (Phi) is 3.30. The Morgan fingerprint density at radius 2 is 1.89 bits per heavy atom. The van der Waals surface area contributed by atoms with Crippen molar-refractivity contribution in [2.75, 3.05) is 6.67 Å². The monoisotopic (exact) mass is 158 g/mol. The first kappa shape index (κ1) is 8.49. The van der Waals surface area contributed by atoms with Crippen LogP contribution in [0.4, 0.5) is 13.2 Å². The largest absolute Gasteiger partial charge is 0.281 e. The molecule has 0 unspecified atom stereocenters. The summed E-state index contributed by atoms with van der Waals surface area (Å²) in [6, 6.07) is 0. The Morgan fingerprint density at radius 1 is 1.44 bits per heavy atom. The SMILES string of the molecule is O=C(Cl)C(CF)=C(F)F. The Morgan fingerprint density at radius 3 is 1.89 bits per heavy atom. The van der Waals surface area contributed by atoms with Gasteiger partial charge in [0.1, 0.15) is 12.2 Å². The quantitative estimate of drug-likeness (QED) is 0.443. The van der Waals surface area contributed by atoms with Crippen molar-refractivity contribution in [3.05, 3.63) is 11.7 Å². The molecule has 0 aromatic carbocycles. The van der Waals surface area contributed by atoms with Gasteiger partial charge in [0, 0.05) is 0 Å². The van der Waals surface area contributed by atoms with Crippen LogP contribution in [-0.2, 0) is 4.79 Å². The minimum Gasteiger partial charge on any atom is -0.276 e. The lowest BCUT2D eigenvalue weighted by atomic mass is 10.4. The van der Waals surface area contributed by atoms with Gasteiger partial charge in [-0.2, -0.15) is 8.78 Å². The van der Waals surface area contributed by atoms with E-state index in [1.165, 1.54) is 0 Å². The number of hydrogen-bond donors (Lipinski definition) is 0. The van der Waals surface area contributed by atoms with Crippen LogP contribution in [0.25, 0.3) is 0 Å². The molecule has 0 aliphatic heterocycles. The minimum absolute atomic E-state index is 1.27. The molecule has 0 amide bonds. The van der Waals surface area contributed by atoms with Gasteiger partial charge in [0.2, 0.25) is 0 Å². The van der Waals surface area contributed by atoms with E-state index < -0.39 is 23.6 Å². The van der Waals surface area contributed by atoms with Crippen LogP contribution in [0.3, 0.4) is 0 Å². The highest BCUT2D eigenvalue weighted by atomic mass is 35.5. The number of rotatable bonds is 2. The molecule has 0 aromatic heterocycles. The third kappa shape index (κ3) is 2.51. The van der Waals surface area contributed by atoms with E-state index in [2.05, 4.69) is 11.6 Å². The van der Waals surface area contributed by atoms with E-state index in [4.69, 9.17) is 0 Å². The first-order chi connectivity index (χ1) is 4.09. The molecule has 0 aliphatic carbocycles. The molecule has 0 rings (SSSR count). The highest BCUT2D eigenvalue weighted by molar-refractivity contribution is 6.67. The van der Waals surface area contributed by atoms with Crippen LogP contribution in [0.5, 0.6) is 0 Å². The fraction of sp³-hybridized carbons (Fsp3) is 0.250. The fourth-order valence-electron chi connectivity index (χ4n) is 0.177. The van der Waals surface area contributed by atoms with Crippen LogP contribution in [-0.4, -0.2) is 11.9 Å². The fourth-order valence-corrected chi connectivity index (χ4v) is 0.299. The summed E-state index contributed by atoms with van der Waals surface area (Å²) in [6.45, 7) is -1.52. The molecule has 0 aromatic rings. The second kappa shape index (κ2) is 3.50. The standard InChI is InChI=1S/C4H2ClF3O/c5-3(9)2(1-6)4(7)8/h1H2. The van der Waals surface area contributed by atoms with Gasteiger partial charge in [-0.15, -0.1) is 0 Å². The van der Waals surface area contributed by atoms with Crippen molar-refractivity contribution in [2.24, 2.45) is 0 Å². The topological polar surface area (TPSA) is 17.1 Å². The van der Waals surface area contributed by atoms with E-state index >= 15 is 0 Å². The predicted octanol–water partition coefficient (Wildman–Crippen LogP) is 1.87. The van der Waals surface area contributed by atoms with E-state index in [9.17, 15) is 18.0 Å².